The first kappa shape index (κ1) is 10.9. The summed E-state index contributed by atoms with van der Waals surface area (Å²) in [4.78, 5) is 18.3. The van der Waals surface area contributed by atoms with Crippen LogP contribution in [0.25, 0.3) is 5.52 Å². The van der Waals surface area contributed by atoms with E-state index in [1.807, 2.05) is 0 Å². The van der Waals surface area contributed by atoms with Crippen LogP contribution in [-0.4, -0.2) is 19.6 Å². The van der Waals surface area contributed by atoms with Crippen molar-refractivity contribution in [2.45, 2.75) is 39.0 Å². The SMILES string of the molecule is CCCCCCc1nn2cncc2c(=O)[nH]1. The lowest BCUT2D eigenvalue weighted by Gasteiger charge is -2.00. The number of hydrogen-bond donors (Lipinski definition) is 1. The number of nitrogens with one attached hydrogen (secondary N) is 1. The fourth-order valence-electron chi connectivity index (χ4n) is 1.71. The molecule has 0 aliphatic carbocycles. The van der Waals surface area contributed by atoms with Crippen LogP contribution >= 0.6 is 0 Å². The lowest BCUT2D eigenvalue weighted by Crippen LogP contribution is -2.15. The third-order valence-electron chi connectivity index (χ3n) is 2.61. The number of nitrogens with zero attached hydrogens (tertiary/aromatic N) is 3. The summed E-state index contributed by atoms with van der Waals surface area (Å²) in [6, 6.07) is 0. The Labute approximate surface area is 93.5 Å². The Morgan fingerprint density at radius 2 is 2.25 bits per heavy atom. The van der Waals surface area contributed by atoms with Gasteiger partial charge in [0.25, 0.3) is 5.56 Å². The number of H-pyrrole nitrogens is 1. The van der Waals surface area contributed by atoms with Crippen LogP contribution in [0.2, 0.25) is 0 Å². The van der Waals surface area contributed by atoms with Gasteiger partial charge < -0.3 is 4.98 Å². The molecule has 16 heavy (non-hydrogen) atoms. The highest BCUT2D eigenvalue weighted by atomic mass is 16.1. The van der Waals surface area contributed by atoms with E-state index in [4.69, 9.17) is 0 Å². The molecule has 0 amide bonds. The molecule has 0 saturated carbocycles. The Morgan fingerprint density at radius 1 is 1.38 bits per heavy atom. The van der Waals surface area contributed by atoms with Gasteiger partial charge in [0.05, 0.1) is 6.20 Å². The smallest absolute Gasteiger partial charge is 0.276 e. The summed E-state index contributed by atoms with van der Waals surface area (Å²) in [5.74, 6) is 0.742. The predicted octanol–water partition coefficient (Wildman–Crippen LogP) is 1.54. The normalized spacial score (nSPS) is 11.1. The Kier molecular flexibility index (Phi) is 3.34. The quantitative estimate of drug-likeness (QED) is 0.777. The average molecular weight is 220 g/mol. The van der Waals surface area contributed by atoms with Gasteiger partial charge >= 0.3 is 0 Å². The second kappa shape index (κ2) is 4.92. The molecule has 5 nitrogen and oxygen atoms in total. The number of imidazole rings is 1. The third-order valence-corrected chi connectivity index (χ3v) is 2.61. The van der Waals surface area contributed by atoms with Gasteiger partial charge in [0.2, 0.25) is 0 Å². The van der Waals surface area contributed by atoms with E-state index in [0.717, 1.165) is 18.7 Å². The maximum Gasteiger partial charge on any atom is 0.276 e. The Bertz CT molecular complexity index is 514. The molecule has 0 aliphatic heterocycles. The van der Waals surface area contributed by atoms with E-state index in [1.54, 1.807) is 6.33 Å². The first-order valence-electron chi connectivity index (χ1n) is 5.73. The van der Waals surface area contributed by atoms with Gasteiger partial charge in [-0.25, -0.2) is 9.50 Å². The van der Waals surface area contributed by atoms with Gasteiger partial charge in [0, 0.05) is 6.42 Å². The van der Waals surface area contributed by atoms with Crippen molar-refractivity contribution in [1.29, 1.82) is 0 Å². The van der Waals surface area contributed by atoms with E-state index in [-0.39, 0.29) is 5.56 Å². The molecule has 86 valence electrons. The van der Waals surface area contributed by atoms with Crippen LogP contribution in [0.5, 0.6) is 0 Å². The minimum atomic E-state index is -0.113. The van der Waals surface area contributed by atoms with Crippen molar-refractivity contribution in [2.75, 3.05) is 0 Å². The number of unbranched alkanes of at least 4 members (excludes halogenated alkanes) is 3. The zero-order chi connectivity index (χ0) is 11.4. The molecule has 0 aliphatic rings. The molecule has 0 aromatic carbocycles. The Balaban J connectivity index is 2.10. The first-order chi connectivity index (χ1) is 7.81. The van der Waals surface area contributed by atoms with Crippen molar-refractivity contribution < 1.29 is 0 Å². The molecule has 0 bridgehead atoms. The molecular formula is C11H16N4O. The van der Waals surface area contributed by atoms with E-state index in [9.17, 15) is 4.79 Å². The molecule has 0 saturated heterocycles. The van der Waals surface area contributed by atoms with Gasteiger partial charge in [-0.3, -0.25) is 4.79 Å². The first-order valence-corrected chi connectivity index (χ1v) is 5.73. The number of aromatic amines is 1. The number of aryl methyl sites for hydroxylation is 1. The van der Waals surface area contributed by atoms with Crippen LogP contribution in [0, 0.1) is 0 Å². The highest BCUT2D eigenvalue weighted by molar-refractivity contribution is 5.39. The summed E-state index contributed by atoms with van der Waals surface area (Å²) in [5, 5.41) is 4.29. The van der Waals surface area contributed by atoms with Crippen molar-refractivity contribution in [1.82, 2.24) is 19.6 Å². The molecule has 2 aromatic rings. The zero-order valence-electron chi connectivity index (χ0n) is 9.44. The molecule has 0 unspecified atom stereocenters. The van der Waals surface area contributed by atoms with E-state index in [2.05, 4.69) is 22.0 Å². The minimum absolute atomic E-state index is 0.113. The second-order valence-corrected chi connectivity index (χ2v) is 3.93. The topological polar surface area (TPSA) is 63.1 Å². The van der Waals surface area contributed by atoms with Crippen molar-refractivity contribution in [3.8, 4) is 0 Å². The summed E-state index contributed by atoms with van der Waals surface area (Å²) in [6.45, 7) is 2.18. The zero-order valence-corrected chi connectivity index (χ0v) is 9.44. The van der Waals surface area contributed by atoms with E-state index >= 15 is 0 Å². The molecule has 5 heteroatoms. The fraction of sp³-hybridized carbons (Fsp3) is 0.545. The molecule has 0 radical (unpaired) electrons. The van der Waals surface area contributed by atoms with E-state index in [1.165, 1.54) is 30.0 Å². The van der Waals surface area contributed by atoms with Crippen molar-refractivity contribution >= 4 is 5.52 Å². The van der Waals surface area contributed by atoms with E-state index in [0.29, 0.717) is 5.52 Å². The standard InChI is InChI=1S/C11H16N4O/c1-2-3-4-5-6-10-13-11(16)9-7-12-8-15(9)14-10/h7-8H,2-6H2,1H3,(H,13,14,16). The number of rotatable bonds is 5. The summed E-state index contributed by atoms with van der Waals surface area (Å²) in [7, 11) is 0. The van der Waals surface area contributed by atoms with Gasteiger partial charge in [0.15, 0.2) is 0 Å². The van der Waals surface area contributed by atoms with E-state index < -0.39 is 0 Å². The van der Waals surface area contributed by atoms with Crippen LogP contribution in [0.3, 0.4) is 0 Å². The largest absolute Gasteiger partial charge is 0.307 e. The van der Waals surface area contributed by atoms with Gasteiger partial charge in [0.1, 0.15) is 17.7 Å². The Morgan fingerprint density at radius 3 is 3.06 bits per heavy atom. The summed E-state index contributed by atoms with van der Waals surface area (Å²) >= 11 is 0. The molecular weight excluding hydrogens is 204 g/mol. The Hall–Kier alpha value is -1.65. The maximum absolute atomic E-state index is 11.6. The lowest BCUT2D eigenvalue weighted by molar-refractivity contribution is 0.640. The summed E-state index contributed by atoms with van der Waals surface area (Å²) in [5.41, 5.74) is 0.385. The molecule has 0 fully saturated rings. The summed E-state index contributed by atoms with van der Waals surface area (Å²) in [6.07, 6.45) is 8.59. The monoisotopic (exact) mass is 220 g/mol. The summed E-state index contributed by atoms with van der Waals surface area (Å²) < 4.78 is 1.54. The van der Waals surface area contributed by atoms with Crippen molar-refractivity contribution in [3.05, 3.63) is 28.7 Å². The van der Waals surface area contributed by atoms with Crippen LogP contribution in [0.1, 0.15) is 38.4 Å². The second-order valence-electron chi connectivity index (χ2n) is 3.93. The van der Waals surface area contributed by atoms with Crippen LogP contribution in [0.4, 0.5) is 0 Å². The average Bonchev–Trinajstić information content (AvgIpc) is 2.73. The van der Waals surface area contributed by atoms with Crippen molar-refractivity contribution in [3.63, 3.8) is 0 Å². The van der Waals surface area contributed by atoms with Gasteiger partial charge in [-0.15, -0.1) is 0 Å². The maximum atomic E-state index is 11.6. The highest BCUT2D eigenvalue weighted by Crippen LogP contribution is 2.03. The minimum Gasteiger partial charge on any atom is -0.307 e. The van der Waals surface area contributed by atoms with Crippen LogP contribution < -0.4 is 5.56 Å². The third kappa shape index (κ3) is 2.29. The van der Waals surface area contributed by atoms with Gasteiger partial charge in [-0.1, -0.05) is 26.2 Å². The van der Waals surface area contributed by atoms with Crippen LogP contribution in [-0.2, 0) is 6.42 Å². The number of hydrogen-bond acceptors (Lipinski definition) is 3. The molecule has 2 heterocycles. The predicted molar refractivity (Wildman–Crippen MR) is 61.5 cm³/mol. The van der Waals surface area contributed by atoms with Crippen LogP contribution in [0.15, 0.2) is 17.3 Å². The molecule has 0 atom stereocenters. The van der Waals surface area contributed by atoms with Gasteiger partial charge in [-0.05, 0) is 6.42 Å². The molecule has 0 spiro atoms. The molecule has 2 rings (SSSR count). The van der Waals surface area contributed by atoms with Crippen molar-refractivity contribution in [2.24, 2.45) is 0 Å². The number of aromatic nitrogens is 4. The lowest BCUT2D eigenvalue weighted by atomic mass is 10.1. The fourth-order valence-corrected chi connectivity index (χ4v) is 1.71. The van der Waals surface area contributed by atoms with Gasteiger partial charge in [-0.2, -0.15) is 5.10 Å². The molecule has 2 aromatic heterocycles. The molecule has 1 N–H and O–H groups in total. The highest BCUT2D eigenvalue weighted by Gasteiger charge is 2.03. The number of fused-ring (bicyclic) bond motifs is 1.